The Morgan fingerprint density at radius 1 is 1.71 bits per heavy atom. The Labute approximate surface area is 101 Å². The fourth-order valence-electron chi connectivity index (χ4n) is 0.916. The number of ether oxygens (including phenoxy) is 2. The zero-order chi connectivity index (χ0) is 12.8. The Morgan fingerprint density at radius 2 is 2.41 bits per heavy atom. The molecule has 1 aromatic rings. The molecule has 0 spiro atoms. The number of hydrogen-bond acceptors (Lipinski definition) is 6. The largest absolute Gasteiger partial charge is 0.447 e. The topological polar surface area (TPSA) is 109 Å². The molecule has 1 heterocycles. The molecule has 9 heteroatoms. The van der Waals surface area contributed by atoms with E-state index < -0.39 is 11.7 Å². The van der Waals surface area contributed by atoms with E-state index in [0.29, 0.717) is 4.73 Å². The first-order valence-corrected chi connectivity index (χ1v) is 4.88. The van der Waals surface area contributed by atoms with Crippen molar-refractivity contribution in [2.45, 2.75) is 0 Å². The van der Waals surface area contributed by atoms with Gasteiger partial charge in [-0.3, -0.25) is 10.7 Å². The van der Waals surface area contributed by atoms with Gasteiger partial charge in [0.2, 0.25) is 0 Å². The zero-order valence-corrected chi connectivity index (χ0v) is 9.69. The van der Waals surface area contributed by atoms with E-state index in [2.05, 4.69) is 15.0 Å². The van der Waals surface area contributed by atoms with Gasteiger partial charge < -0.3 is 14.7 Å². The third-order valence-corrected chi connectivity index (χ3v) is 1.84. The molecule has 8 nitrogen and oxygen atoms in total. The smallest absolute Gasteiger partial charge is 0.412 e. The third kappa shape index (κ3) is 3.93. The maximum absolute atomic E-state index is 11.2. The standard InChI is InChI=1S/C8H11ClN4O4/c1-16-2-3-17-8(14)12-6-4-5(9)11-7(10)13(6)15/h4,10,15H,2-3H2,1H3,(H,12,14). The first-order valence-electron chi connectivity index (χ1n) is 4.50. The van der Waals surface area contributed by atoms with E-state index in [0.717, 1.165) is 0 Å². The van der Waals surface area contributed by atoms with Crippen molar-refractivity contribution in [1.29, 1.82) is 5.41 Å². The van der Waals surface area contributed by atoms with Gasteiger partial charge in [-0.25, -0.2) is 4.79 Å². The van der Waals surface area contributed by atoms with E-state index in [9.17, 15) is 10.0 Å². The highest BCUT2D eigenvalue weighted by atomic mass is 35.5. The molecular weight excluding hydrogens is 252 g/mol. The first-order chi connectivity index (χ1) is 8.04. The van der Waals surface area contributed by atoms with Crippen molar-refractivity contribution in [3.8, 4) is 0 Å². The number of rotatable bonds is 4. The third-order valence-electron chi connectivity index (χ3n) is 1.65. The number of carbonyl (C=O) groups excluding carboxylic acids is 1. The van der Waals surface area contributed by atoms with E-state index in [1.165, 1.54) is 13.2 Å². The number of carbonyl (C=O) groups is 1. The molecule has 1 amide bonds. The van der Waals surface area contributed by atoms with Gasteiger partial charge in [0.1, 0.15) is 11.8 Å². The lowest BCUT2D eigenvalue weighted by Gasteiger charge is -2.09. The van der Waals surface area contributed by atoms with Gasteiger partial charge in [0, 0.05) is 13.2 Å². The van der Waals surface area contributed by atoms with E-state index in [-0.39, 0.29) is 24.2 Å². The average molecular weight is 263 g/mol. The molecule has 94 valence electrons. The van der Waals surface area contributed by atoms with Gasteiger partial charge in [-0.1, -0.05) is 11.6 Å². The van der Waals surface area contributed by atoms with Crippen LogP contribution in [0.4, 0.5) is 10.6 Å². The van der Waals surface area contributed by atoms with Crippen molar-refractivity contribution >= 4 is 23.5 Å². The fraction of sp³-hybridized carbons (Fsp3) is 0.375. The Morgan fingerprint density at radius 3 is 3.06 bits per heavy atom. The van der Waals surface area contributed by atoms with Gasteiger partial charge in [0.25, 0.3) is 5.62 Å². The van der Waals surface area contributed by atoms with E-state index in [1.807, 2.05) is 0 Å². The number of halogens is 1. The molecule has 0 aliphatic heterocycles. The lowest BCUT2D eigenvalue weighted by Crippen LogP contribution is -2.27. The van der Waals surface area contributed by atoms with Gasteiger partial charge in [-0.15, -0.1) is 4.73 Å². The number of aromatic nitrogens is 2. The number of nitrogens with zero attached hydrogens (tertiary/aromatic N) is 2. The molecule has 3 N–H and O–H groups in total. The molecule has 1 aromatic heterocycles. The van der Waals surface area contributed by atoms with E-state index >= 15 is 0 Å². The number of nitrogens with one attached hydrogen (secondary N) is 2. The second kappa shape index (κ2) is 6.06. The van der Waals surface area contributed by atoms with Gasteiger partial charge in [0.15, 0.2) is 5.82 Å². The molecule has 0 saturated heterocycles. The summed E-state index contributed by atoms with van der Waals surface area (Å²) in [5, 5.41) is 18.7. The maximum atomic E-state index is 11.2. The highest BCUT2D eigenvalue weighted by molar-refractivity contribution is 6.29. The van der Waals surface area contributed by atoms with Gasteiger partial charge >= 0.3 is 6.09 Å². The molecule has 0 saturated carbocycles. The van der Waals surface area contributed by atoms with Crippen LogP contribution in [0.3, 0.4) is 0 Å². The predicted molar refractivity (Wildman–Crippen MR) is 57.1 cm³/mol. The summed E-state index contributed by atoms with van der Waals surface area (Å²) in [6.07, 6.45) is -0.800. The quantitative estimate of drug-likeness (QED) is 0.415. The minimum Gasteiger partial charge on any atom is -0.447 e. The van der Waals surface area contributed by atoms with Gasteiger partial charge in [-0.2, -0.15) is 4.98 Å². The summed E-state index contributed by atoms with van der Waals surface area (Å²) in [4.78, 5) is 14.7. The average Bonchev–Trinajstić information content (AvgIpc) is 2.25. The van der Waals surface area contributed by atoms with Crippen molar-refractivity contribution in [2.24, 2.45) is 0 Å². The second-order valence-corrected chi connectivity index (χ2v) is 3.24. The summed E-state index contributed by atoms with van der Waals surface area (Å²) in [6, 6.07) is 1.18. The van der Waals surface area contributed by atoms with Crippen LogP contribution in [0, 0.1) is 5.41 Å². The minimum absolute atomic E-state index is 0.0347. The Balaban J connectivity index is 2.68. The van der Waals surface area contributed by atoms with E-state index in [1.54, 1.807) is 0 Å². The second-order valence-electron chi connectivity index (χ2n) is 2.85. The Bertz CT molecular complexity index is 461. The summed E-state index contributed by atoms with van der Waals surface area (Å²) in [5.74, 6) is -0.114. The van der Waals surface area contributed by atoms with Crippen LogP contribution >= 0.6 is 11.6 Å². The van der Waals surface area contributed by atoms with Crippen LogP contribution in [-0.2, 0) is 9.47 Å². The first kappa shape index (κ1) is 13.3. The molecule has 17 heavy (non-hydrogen) atoms. The van der Waals surface area contributed by atoms with Crippen LogP contribution in [-0.4, -0.2) is 41.3 Å². The molecular formula is C8H11ClN4O4. The maximum Gasteiger partial charge on any atom is 0.412 e. The molecule has 0 bridgehead atoms. The Kier molecular flexibility index (Phi) is 4.73. The van der Waals surface area contributed by atoms with Crippen LogP contribution in [0.15, 0.2) is 6.07 Å². The predicted octanol–water partition coefficient (Wildman–Crippen LogP) is 0.448. The highest BCUT2D eigenvalue weighted by Crippen LogP contribution is 2.09. The van der Waals surface area contributed by atoms with Crippen LogP contribution in [0.25, 0.3) is 0 Å². The van der Waals surface area contributed by atoms with Crippen LogP contribution < -0.4 is 10.9 Å². The fourth-order valence-corrected chi connectivity index (χ4v) is 1.10. The van der Waals surface area contributed by atoms with Crippen molar-refractivity contribution in [3.63, 3.8) is 0 Å². The molecule has 0 radical (unpaired) electrons. The summed E-state index contributed by atoms with van der Waals surface area (Å²) < 4.78 is 9.75. The number of hydrogen-bond donors (Lipinski definition) is 3. The summed E-state index contributed by atoms with van der Waals surface area (Å²) in [7, 11) is 1.47. The zero-order valence-electron chi connectivity index (χ0n) is 8.94. The minimum atomic E-state index is -0.800. The highest BCUT2D eigenvalue weighted by Gasteiger charge is 2.09. The van der Waals surface area contributed by atoms with Crippen molar-refractivity contribution in [1.82, 2.24) is 9.71 Å². The number of amides is 1. The summed E-state index contributed by atoms with van der Waals surface area (Å²) in [5.41, 5.74) is -0.510. The summed E-state index contributed by atoms with van der Waals surface area (Å²) in [6.45, 7) is 0.327. The lowest BCUT2D eigenvalue weighted by molar-refractivity contribution is 0.106. The molecule has 0 unspecified atom stereocenters. The molecule has 0 atom stereocenters. The molecule has 0 fully saturated rings. The van der Waals surface area contributed by atoms with Crippen molar-refractivity contribution in [3.05, 3.63) is 16.8 Å². The normalized spacial score (nSPS) is 10.0. The molecule has 1 rings (SSSR count). The number of anilines is 1. The summed E-state index contributed by atoms with van der Waals surface area (Å²) >= 11 is 5.56. The number of methoxy groups -OCH3 is 1. The molecule has 0 aromatic carbocycles. The van der Waals surface area contributed by atoms with Crippen LogP contribution in [0.1, 0.15) is 0 Å². The monoisotopic (exact) mass is 262 g/mol. The van der Waals surface area contributed by atoms with Crippen LogP contribution in [0.5, 0.6) is 0 Å². The van der Waals surface area contributed by atoms with Crippen molar-refractivity contribution in [2.75, 3.05) is 25.6 Å². The van der Waals surface area contributed by atoms with Gasteiger partial charge in [0.05, 0.1) is 6.61 Å². The molecule has 0 aliphatic carbocycles. The van der Waals surface area contributed by atoms with Crippen LogP contribution in [0.2, 0.25) is 5.15 Å². The van der Waals surface area contributed by atoms with Crippen molar-refractivity contribution < 1.29 is 19.5 Å². The van der Waals surface area contributed by atoms with Gasteiger partial charge in [-0.05, 0) is 0 Å². The molecule has 0 aliphatic rings. The Hall–Kier alpha value is -1.80. The van der Waals surface area contributed by atoms with E-state index in [4.69, 9.17) is 21.7 Å². The lowest BCUT2D eigenvalue weighted by atomic mass is 10.6. The SMILES string of the molecule is COCCOC(=O)Nc1cc(Cl)nc(=N)n1O.